The van der Waals surface area contributed by atoms with E-state index in [4.69, 9.17) is 17.0 Å². The minimum Gasteiger partial charge on any atom is -0.496 e. The number of nitrogens with zero attached hydrogens (tertiary/aromatic N) is 1. The molecule has 4 aromatic carbocycles. The lowest BCUT2D eigenvalue weighted by Crippen LogP contribution is -2.54. The lowest BCUT2D eigenvalue weighted by atomic mass is 9.99. The Morgan fingerprint density at radius 2 is 1.50 bits per heavy atom. The maximum absolute atomic E-state index is 13.6. The van der Waals surface area contributed by atoms with Crippen LogP contribution in [0.1, 0.15) is 5.56 Å². The van der Waals surface area contributed by atoms with Gasteiger partial charge in [0.05, 0.1) is 12.8 Å². The van der Waals surface area contributed by atoms with Crippen molar-refractivity contribution < 1.29 is 14.3 Å². The Balaban J connectivity index is 1.69. The van der Waals surface area contributed by atoms with Gasteiger partial charge in [-0.05, 0) is 46.6 Å². The highest BCUT2D eigenvalue weighted by atomic mass is 32.1. The molecule has 156 valence electrons. The third kappa shape index (κ3) is 3.21. The summed E-state index contributed by atoms with van der Waals surface area (Å²) in [6.07, 6.45) is 1.58. The molecule has 32 heavy (non-hydrogen) atoms. The number of thiocarbonyl (C=S) groups is 1. The Morgan fingerprint density at radius 3 is 2.25 bits per heavy atom. The van der Waals surface area contributed by atoms with E-state index in [0.717, 1.165) is 21.5 Å². The fourth-order valence-electron chi connectivity index (χ4n) is 4.03. The number of ether oxygens (including phenoxy) is 1. The lowest BCUT2D eigenvalue weighted by Gasteiger charge is -2.30. The highest BCUT2D eigenvalue weighted by molar-refractivity contribution is 7.80. The molecule has 6 heteroatoms. The molecule has 0 saturated carbocycles. The summed E-state index contributed by atoms with van der Waals surface area (Å²) in [6.45, 7) is 0. The second kappa shape index (κ2) is 7.90. The van der Waals surface area contributed by atoms with Gasteiger partial charge in [0.2, 0.25) is 0 Å². The van der Waals surface area contributed by atoms with Crippen LogP contribution in [0.5, 0.6) is 5.75 Å². The standard InChI is InChI=1S/C26H18N2O3S/c1-31-23-14-13-17-8-2-4-10-18(17)20(23)15-21-24(29)27-26(32)28(25(21)30)22-12-6-9-16-7-3-5-11-19(16)22/h2-15H,1H3,(H,27,29,32)/b21-15-. The van der Waals surface area contributed by atoms with Gasteiger partial charge in [0.15, 0.2) is 5.11 Å². The van der Waals surface area contributed by atoms with E-state index in [1.807, 2.05) is 78.9 Å². The number of rotatable bonds is 3. The molecule has 5 rings (SSSR count). The van der Waals surface area contributed by atoms with Crippen LogP contribution in [0, 0.1) is 0 Å². The Hall–Kier alpha value is -4.03. The van der Waals surface area contributed by atoms with Crippen LogP contribution in [0.3, 0.4) is 0 Å². The fraction of sp³-hybridized carbons (Fsp3) is 0.0385. The maximum Gasteiger partial charge on any atom is 0.270 e. The Kier molecular flexibility index (Phi) is 4.92. The van der Waals surface area contributed by atoms with Crippen LogP contribution in [0.25, 0.3) is 27.6 Å². The predicted octanol–water partition coefficient (Wildman–Crippen LogP) is 4.83. The molecule has 1 N–H and O–H groups in total. The summed E-state index contributed by atoms with van der Waals surface area (Å²) in [5.74, 6) is -0.446. The first-order valence-electron chi connectivity index (χ1n) is 10.0. The molecule has 1 aliphatic rings. The van der Waals surface area contributed by atoms with Gasteiger partial charge in [-0.25, -0.2) is 0 Å². The van der Waals surface area contributed by atoms with E-state index in [-0.39, 0.29) is 10.7 Å². The average molecular weight is 439 g/mol. The molecule has 0 radical (unpaired) electrons. The van der Waals surface area contributed by atoms with Crippen molar-refractivity contribution in [3.8, 4) is 5.75 Å². The Morgan fingerprint density at radius 1 is 0.844 bits per heavy atom. The third-order valence-corrected chi connectivity index (χ3v) is 5.83. The summed E-state index contributed by atoms with van der Waals surface area (Å²) in [5, 5.41) is 6.41. The fourth-order valence-corrected chi connectivity index (χ4v) is 4.30. The number of methoxy groups -OCH3 is 1. The van der Waals surface area contributed by atoms with Crippen molar-refractivity contribution in [1.82, 2.24) is 5.32 Å². The van der Waals surface area contributed by atoms with Crippen LogP contribution in [0.2, 0.25) is 0 Å². The molecule has 0 unspecified atom stereocenters. The van der Waals surface area contributed by atoms with Crippen molar-refractivity contribution in [1.29, 1.82) is 0 Å². The van der Waals surface area contributed by atoms with Gasteiger partial charge in [-0.1, -0.05) is 66.7 Å². The van der Waals surface area contributed by atoms with Crippen LogP contribution in [-0.2, 0) is 9.59 Å². The van der Waals surface area contributed by atoms with Gasteiger partial charge in [-0.15, -0.1) is 0 Å². The first-order chi connectivity index (χ1) is 15.6. The van der Waals surface area contributed by atoms with Crippen molar-refractivity contribution >= 4 is 62.5 Å². The van der Waals surface area contributed by atoms with E-state index in [1.165, 1.54) is 4.90 Å². The normalized spacial score (nSPS) is 15.5. The Labute approximate surface area is 189 Å². The summed E-state index contributed by atoms with van der Waals surface area (Å²) >= 11 is 5.39. The maximum atomic E-state index is 13.6. The number of anilines is 1. The first-order valence-corrected chi connectivity index (χ1v) is 10.4. The molecule has 1 heterocycles. The quantitative estimate of drug-likeness (QED) is 0.283. The van der Waals surface area contributed by atoms with Crippen LogP contribution in [-0.4, -0.2) is 24.0 Å². The number of fused-ring (bicyclic) bond motifs is 2. The highest BCUT2D eigenvalue weighted by Gasteiger charge is 2.35. The van der Waals surface area contributed by atoms with Crippen LogP contribution < -0.4 is 15.0 Å². The molecule has 0 aliphatic carbocycles. The van der Waals surface area contributed by atoms with Gasteiger partial charge < -0.3 is 4.74 Å². The molecule has 4 aromatic rings. The molecule has 0 atom stereocenters. The minimum absolute atomic E-state index is 0.0128. The molecular formula is C26H18N2O3S. The molecule has 0 aromatic heterocycles. The highest BCUT2D eigenvalue weighted by Crippen LogP contribution is 2.33. The van der Waals surface area contributed by atoms with Crippen LogP contribution >= 0.6 is 12.2 Å². The van der Waals surface area contributed by atoms with Crippen molar-refractivity contribution in [3.63, 3.8) is 0 Å². The number of amides is 2. The van der Waals surface area contributed by atoms with Crippen molar-refractivity contribution in [2.24, 2.45) is 0 Å². The zero-order valence-corrected chi connectivity index (χ0v) is 18.0. The average Bonchev–Trinajstić information content (AvgIpc) is 2.81. The van der Waals surface area contributed by atoms with Gasteiger partial charge in [0, 0.05) is 10.9 Å². The molecular weight excluding hydrogens is 420 g/mol. The zero-order valence-electron chi connectivity index (χ0n) is 17.2. The largest absolute Gasteiger partial charge is 0.496 e. The van der Waals surface area contributed by atoms with Gasteiger partial charge in [0.25, 0.3) is 11.8 Å². The van der Waals surface area contributed by atoms with E-state index in [9.17, 15) is 9.59 Å². The molecule has 1 saturated heterocycles. The van der Waals surface area contributed by atoms with Crippen molar-refractivity contribution in [2.75, 3.05) is 12.0 Å². The number of nitrogens with one attached hydrogen (secondary N) is 1. The number of hydrogen-bond donors (Lipinski definition) is 1. The van der Waals surface area contributed by atoms with E-state index in [0.29, 0.717) is 17.0 Å². The van der Waals surface area contributed by atoms with E-state index in [1.54, 1.807) is 13.2 Å². The topological polar surface area (TPSA) is 58.6 Å². The zero-order chi connectivity index (χ0) is 22.2. The van der Waals surface area contributed by atoms with Crippen molar-refractivity contribution in [2.45, 2.75) is 0 Å². The number of carbonyl (C=O) groups is 2. The number of carbonyl (C=O) groups excluding carboxylic acids is 2. The van der Waals surface area contributed by atoms with Crippen LogP contribution in [0.4, 0.5) is 5.69 Å². The molecule has 5 nitrogen and oxygen atoms in total. The Bertz CT molecular complexity index is 1450. The molecule has 0 bridgehead atoms. The van der Waals surface area contributed by atoms with E-state index < -0.39 is 11.8 Å². The van der Waals surface area contributed by atoms with E-state index >= 15 is 0 Å². The SMILES string of the molecule is COc1ccc2ccccc2c1/C=C1/C(=O)NC(=S)N(c2cccc3ccccc23)C1=O. The first kappa shape index (κ1) is 19.9. The molecule has 0 spiro atoms. The molecule has 1 aliphatic heterocycles. The number of hydrogen-bond acceptors (Lipinski definition) is 4. The summed E-state index contributed by atoms with van der Waals surface area (Å²) in [7, 11) is 1.56. The monoisotopic (exact) mass is 438 g/mol. The second-order valence-corrected chi connectivity index (χ2v) is 7.75. The molecule has 2 amide bonds. The predicted molar refractivity (Wildman–Crippen MR) is 131 cm³/mol. The van der Waals surface area contributed by atoms with Gasteiger partial charge in [0.1, 0.15) is 11.3 Å². The van der Waals surface area contributed by atoms with E-state index in [2.05, 4.69) is 5.32 Å². The van der Waals surface area contributed by atoms with Crippen molar-refractivity contribution in [3.05, 3.63) is 90.0 Å². The van der Waals surface area contributed by atoms with Gasteiger partial charge in [-0.3, -0.25) is 19.8 Å². The minimum atomic E-state index is -0.536. The second-order valence-electron chi connectivity index (χ2n) is 7.36. The smallest absolute Gasteiger partial charge is 0.270 e. The molecule has 1 fully saturated rings. The third-order valence-electron chi connectivity index (χ3n) is 5.55. The summed E-state index contributed by atoms with van der Waals surface area (Å²) in [6, 6.07) is 24.9. The number of benzene rings is 4. The van der Waals surface area contributed by atoms with Crippen LogP contribution in [0.15, 0.2) is 84.4 Å². The van der Waals surface area contributed by atoms with Gasteiger partial charge >= 0.3 is 0 Å². The summed E-state index contributed by atoms with van der Waals surface area (Å²) < 4.78 is 5.53. The summed E-state index contributed by atoms with van der Waals surface area (Å²) in [5.41, 5.74) is 1.27. The van der Waals surface area contributed by atoms with Gasteiger partial charge in [-0.2, -0.15) is 0 Å². The summed E-state index contributed by atoms with van der Waals surface area (Å²) in [4.78, 5) is 27.8. The lowest BCUT2D eigenvalue weighted by molar-refractivity contribution is -0.122.